The first-order valence-electron chi connectivity index (χ1n) is 6.58. The first kappa shape index (κ1) is 12.3. The molecular formula is C12H25N3O. The van der Waals surface area contributed by atoms with Gasteiger partial charge in [0.05, 0.1) is 12.7 Å². The van der Waals surface area contributed by atoms with Gasteiger partial charge in [0.15, 0.2) is 0 Å². The Morgan fingerprint density at radius 3 is 3.00 bits per heavy atom. The molecule has 4 heteroatoms. The van der Waals surface area contributed by atoms with Gasteiger partial charge in [-0.05, 0) is 33.0 Å². The van der Waals surface area contributed by atoms with E-state index in [9.17, 15) is 0 Å². The van der Waals surface area contributed by atoms with Crippen LogP contribution in [-0.4, -0.2) is 75.4 Å². The SMILES string of the molecule is CN1CCCN(CCC2CNCCO2)CC1. The largest absolute Gasteiger partial charge is 0.376 e. The summed E-state index contributed by atoms with van der Waals surface area (Å²) in [5.74, 6) is 0. The highest BCUT2D eigenvalue weighted by atomic mass is 16.5. The van der Waals surface area contributed by atoms with Crippen LogP contribution in [0.2, 0.25) is 0 Å². The summed E-state index contributed by atoms with van der Waals surface area (Å²) in [5, 5.41) is 3.39. The van der Waals surface area contributed by atoms with Crippen LogP contribution in [0.4, 0.5) is 0 Å². The molecule has 0 bridgehead atoms. The maximum absolute atomic E-state index is 5.72. The molecule has 2 aliphatic rings. The molecule has 0 aromatic carbocycles. The second-order valence-corrected chi connectivity index (χ2v) is 4.98. The summed E-state index contributed by atoms with van der Waals surface area (Å²) in [7, 11) is 2.22. The van der Waals surface area contributed by atoms with Crippen molar-refractivity contribution in [3.63, 3.8) is 0 Å². The molecule has 2 heterocycles. The quantitative estimate of drug-likeness (QED) is 0.735. The van der Waals surface area contributed by atoms with Gasteiger partial charge in [0, 0.05) is 32.7 Å². The average molecular weight is 227 g/mol. The van der Waals surface area contributed by atoms with Crippen molar-refractivity contribution in [1.29, 1.82) is 0 Å². The van der Waals surface area contributed by atoms with E-state index in [2.05, 4.69) is 22.2 Å². The van der Waals surface area contributed by atoms with Gasteiger partial charge in [-0.25, -0.2) is 0 Å². The van der Waals surface area contributed by atoms with Crippen molar-refractivity contribution in [2.45, 2.75) is 18.9 Å². The van der Waals surface area contributed by atoms with Crippen molar-refractivity contribution in [3.05, 3.63) is 0 Å². The van der Waals surface area contributed by atoms with E-state index in [1.165, 1.54) is 45.6 Å². The van der Waals surface area contributed by atoms with Crippen molar-refractivity contribution in [2.24, 2.45) is 0 Å². The van der Waals surface area contributed by atoms with Crippen molar-refractivity contribution in [3.8, 4) is 0 Å². The van der Waals surface area contributed by atoms with E-state index in [1.807, 2.05) is 0 Å². The van der Waals surface area contributed by atoms with E-state index >= 15 is 0 Å². The molecule has 0 amide bonds. The van der Waals surface area contributed by atoms with Gasteiger partial charge in [-0.3, -0.25) is 0 Å². The lowest BCUT2D eigenvalue weighted by Gasteiger charge is -2.27. The minimum Gasteiger partial charge on any atom is -0.376 e. The molecule has 16 heavy (non-hydrogen) atoms. The number of ether oxygens (including phenoxy) is 1. The Morgan fingerprint density at radius 1 is 1.25 bits per heavy atom. The fourth-order valence-electron chi connectivity index (χ4n) is 2.46. The van der Waals surface area contributed by atoms with Gasteiger partial charge in [0.25, 0.3) is 0 Å². The number of nitrogens with zero attached hydrogens (tertiary/aromatic N) is 2. The molecule has 2 saturated heterocycles. The van der Waals surface area contributed by atoms with Crippen molar-refractivity contribution >= 4 is 0 Å². The number of rotatable bonds is 3. The number of hydrogen-bond donors (Lipinski definition) is 1. The van der Waals surface area contributed by atoms with E-state index in [-0.39, 0.29) is 0 Å². The molecule has 2 fully saturated rings. The highest BCUT2D eigenvalue weighted by Crippen LogP contribution is 2.06. The Hall–Kier alpha value is -0.160. The number of morpholine rings is 1. The Kier molecular flexibility index (Phi) is 5.03. The summed E-state index contributed by atoms with van der Waals surface area (Å²) in [6, 6.07) is 0. The molecule has 0 saturated carbocycles. The van der Waals surface area contributed by atoms with Crippen LogP contribution in [0.1, 0.15) is 12.8 Å². The molecule has 0 radical (unpaired) electrons. The van der Waals surface area contributed by atoms with E-state index in [1.54, 1.807) is 0 Å². The summed E-state index contributed by atoms with van der Waals surface area (Å²) in [6.45, 7) is 9.06. The zero-order chi connectivity index (χ0) is 11.2. The molecule has 0 spiro atoms. The van der Waals surface area contributed by atoms with E-state index in [0.29, 0.717) is 6.10 Å². The van der Waals surface area contributed by atoms with Crippen molar-refractivity contribution in [1.82, 2.24) is 15.1 Å². The Morgan fingerprint density at radius 2 is 2.19 bits per heavy atom. The molecule has 2 aliphatic heterocycles. The lowest BCUT2D eigenvalue weighted by Crippen LogP contribution is -2.41. The molecule has 94 valence electrons. The smallest absolute Gasteiger partial charge is 0.0712 e. The van der Waals surface area contributed by atoms with Gasteiger partial charge in [-0.2, -0.15) is 0 Å². The molecule has 0 aromatic heterocycles. The zero-order valence-corrected chi connectivity index (χ0v) is 10.5. The fourth-order valence-corrected chi connectivity index (χ4v) is 2.46. The molecule has 1 atom stereocenters. The normalized spacial score (nSPS) is 30.2. The first-order valence-corrected chi connectivity index (χ1v) is 6.58. The predicted octanol–water partition coefficient (Wildman–Crippen LogP) is 0.00240. The number of hydrogen-bond acceptors (Lipinski definition) is 4. The topological polar surface area (TPSA) is 27.7 Å². The Labute approximate surface area is 98.9 Å². The monoisotopic (exact) mass is 227 g/mol. The van der Waals surface area contributed by atoms with Crippen LogP contribution >= 0.6 is 0 Å². The minimum absolute atomic E-state index is 0.440. The lowest BCUT2D eigenvalue weighted by atomic mass is 10.2. The van der Waals surface area contributed by atoms with Gasteiger partial charge in [-0.1, -0.05) is 0 Å². The van der Waals surface area contributed by atoms with Crippen LogP contribution in [0.25, 0.3) is 0 Å². The molecule has 1 unspecified atom stereocenters. The van der Waals surface area contributed by atoms with E-state index in [4.69, 9.17) is 4.74 Å². The van der Waals surface area contributed by atoms with Crippen LogP contribution in [0.15, 0.2) is 0 Å². The molecule has 0 aromatic rings. The van der Waals surface area contributed by atoms with Crippen LogP contribution in [0.5, 0.6) is 0 Å². The minimum atomic E-state index is 0.440. The summed E-state index contributed by atoms with van der Waals surface area (Å²) >= 11 is 0. The Balaban J connectivity index is 1.64. The standard InChI is InChI=1S/C12H25N3O/c1-14-5-2-6-15(9-8-14)7-3-12-11-13-4-10-16-12/h12-13H,2-11H2,1H3. The van der Waals surface area contributed by atoms with Gasteiger partial charge in [-0.15, -0.1) is 0 Å². The molecule has 2 rings (SSSR count). The summed E-state index contributed by atoms with van der Waals surface area (Å²) in [5.41, 5.74) is 0. The second kappa shape index (κ2) is 6.55. The van der Waals surface area contributed by atoms with Gasteiger partial charge < -0.3 is 19.9 Å². The second-order valence-electron chi connectivity index (χ2n) is 4.98. The maximum Gasteiger partial charge on any atom is 0.0712 e. The predicted molar refractivity (Wildman–Crippen MR) is 65.8 cm³/mol. The van der Waals surface area contributed by atoms with Crippen LogP contribution in [-0.2, 0) is 4.74 Å². The maximum atomic E-state index is 5.72. The first-order chi connectivity index (χ1) is 7.84. The van der Waals surface area contributed by atoms with E-state index < -0.39 is 0 Å². The van der Waals surface area contributed by atoms with Crippen LogP contribution in [0.3, 0.4) is 0 Å². The van der Waals surface area contributed by atoms with Crippen molar-refractivity contribution < 1.29 is 4.74 Å². The molecule has 4 nitrogen and oxygen atoms in total. The lowest BCUT2D eigenvalue weighted by molar-refractivity contribution is 0.0176. The van der Waals surface area contributed by atoms with E-state index in [0.717, 1.165) is 19.7 Å². The molecular weight excluding hydrogens is 202 g/mol. The van der Waals surface area contributed by atoms with Gasteiger partial charge in [0.2, 0.25) is 0 Å². The number of nitrogens with one attached hydrogen (secondary N) is 1. The van der Waals surface area contributed by atoms with Crippen LogP contribution < -0.4 is 5.32 Å². The Bertz CT molecular complexity index is 195. The zero-order valence-electron chi connectivity index (χ0n) is 10.5. The summed E-state index contributed by atoms with van der Waals surface area (Å²) < 4.78 is 5.72. The van der Waals surface area contributed by atoms with Crippen LogP contribution in [0, 0.1) is 0 Å². The summed E-state index contributed by atoms with van der Waals surface area (Å²) in [4.78, 5) is 5.01. The third-order valence-corrected chi connectivity index (χ3v) is 3.58. The molecule has 0 aliphatic carbocycles. The third-order valence-electron chi connectivity index (χ3n) is 3.58. The summed E-state index contributed by atoms with van der Waals surface area (Å²) in [6.07, 6.45) is 2.92. The van der Waals surface area contributed by atoms with Crippen molar-refractivity contribution in [2.75, 3.05) is 59.5 Å². The number of likely N-dealkylation sites (N-methyl/N-ethyl adjacent to an activating group) is 1. The highest BCUT2D eigenvalue weighted by Gasteiger charge is 2.16. The molecule has 1 N–H and O–H groups in total. The fraction of sp³-hybridized carbons (Fsp3) is 1.00. The third kappa shape index (κ3) is 4.01. The highest BCUT2D eigenvalue weighted by molar-refractivity contribution is 4.72. The van der Waals surface area contributed by atoms with Gasteiger partial charge in [0.1, 0.15) is 0 Å². The van der Waals surface area contributed by atoms with Gasteiger partial charge >= 0.3 is 0 Å². The average Bonchev–Trinajstić information content (AvgIpc) is 2.53.